The van der Waals surface area contributed by atoms with Crippen LogP contribution in [0.4, 0.5) is 5.69 Å². The highest BCUT2D eigenvalue weighted by Crippen LogP contribution is 2.23. The molecule has 27 heavy (non-hydrogen) atoms. The van der Waals surface area contributed by atoms with Crippen LogP contribution in [0.15, 0.2) is 39.6 Å². The van der Waals surface area contributed by atoms with Gasteiger partial charge in [0.2, 0.25) is 5.91 Å². The summed E-state index contributed by atoms with van der Waals surface area (Å²) in [5.74, 6) is 0.289. The Kier molecular flexibility index (Phi) is 6.24. The summed E-state index contributed by atoms with van der Waals surface area (Å²) in [6, 6.07) is 7.20. The van der Waals surface area contributed by atoms with Gasteiger partial charge in [0.25, 0.3) is 5.56 Å². The maximum atomic E-state index is 12.8. The molecular formula is C19H20ClN3O2S2. The van der Waals surface area contributed by atoms with E-state index in [-0.39, 0.29) is 17.2 Å². The molecule has 0 bridgehead atoms. The summed E-state index contributed by atoms with van der Waals surface area (Å²) < 4.78 is 2.32. The molecule has 5 nitrogen and oxygen atoms in total. The summed E-state index contributed by atoms with van der Waals surface area (Å²) in [5, 5.41) is 5.87. The SMILES string of the molecule is Cc1ccc(Cl)cc1NC(=O)CSc1nc2ccsc2c(=O)n1CC(C)C. The summed E-state index contributed by atoms with van der Waals surface area (Å²) in [6.45, 7) is 6.57. The first-order chi connectivity index (χ1) is 12.8. The number of thioether (sulfide) groups is 1. The second-order valence-electron chi connectivity index (χ2n) is 6.64. The fraction of sp³-hybridized carbons (Fsp3) is 0.316. The van der Waals surface area contributed by atoms with Crippen LogP contribution in [-0.4, -0.2) is 21.2 Å². The number of thiophene rings is 1. The lowest BCUT2D eigenvalue weighted by Gasteiger charge is -2.14. The van der Waals surface area contributed by atoms with Gasteiger partial charge < -0.3 is 5.32 Å². The van der Waals surface area contributed by atoms with Crippen LogP contribution in [0.2, 0.25) is 5.02 Å². The number of carbonyl (C=O) groups excluding carboxylic acids is 1. The van der Waals surface area contributed by atoms with E-state index in [1.54, 1.807) is 16.7 Å². The van der Waals surface area contributed by atoms with Gasteiger partial charge in [-0.3, -0.25) is 14.2 Å². The van der Waals surface area contributed by atoms with Crippen molar-refractivity contribution in [2.24, 2.45) is 5.92 Å². The van der Waals surface area contributed by atoms with Crippen molar-refractivity contribution in [3.8, 4) is 0 Å². The fourth-order valence-corrected chi connectivity index (χ4v) is 4.36. The van der Waals surface area contributed by atoms with E-state index in [1.165, 1.54) is 23.1 Å². The maximum Gasteiger partial charge on any atom is 0.272 e. The van der Waals surface area contributed by atoms with Gasteiger partial charge in [0, 0.05) is 17.3 Å². The van der Waals surface area contributed by atoms with Crippen molar-refractivity contribution in [3.63, 3.8) is 0 Å². The first-order valence-electron chi connectivity index (χ1n) is 8.52. The van der Waals surface area contributed by atoms with Gasteiger partial charge in [-0.05, 0) is 42.0 Å². The maximum absolute atomic E-state index is 12.8. The number of hydrogen-bond donors (Lipinski definition) is 1. The molecule has 3 aromatic rings. The molecule has 0 saturated carbocycles. The van der Waals surface area contributed by atoms with Crippen LogP contribution < -0.4 is 10.9 Å². The van der Waals surface area contributed by atoms with E-state index < -0.39 is 0 Å². The van der Waals surface area contributed by atoms with Crippen LogP contribution in [-0.2, 0) is 11.3 Å². The number of anilines is 1. The van der Waals surface area contributed by atoms with E-state index in [0.29, 0.717) is 38.5 Å². The third-order valence-electron chi connectivity index (χ3n) is 3.88. The number of benzene rings is 1. The van der Waals surface area contributed by atoms with Crippen LogP contribution in [0.25, 0.3) is 10.2 Å². The molecule has 0 unspecified atom stereocenters. The van der Waals surface area contributed by atoms with Gasteiger partial charge in [-0.25, -0.2) is 4.98 Å². The van der Waals surface area contributed by atoms with Gasteiger partial charge >= 0.3 is 0 Å². The molecule has 1 amide bonds. The van der Waals surface area contributed by atoms with E-state index in [2.05, 4.69) is 10.3 Å². The zero-order valence-corrected chi connectivity index (χ0v) is 17.7. The van der Waals surface area contributed by atoms with Crippen molar-refractivity contribution in [2.75, 3.05) is 11.1 Å². The Morgan fingerprint density at radius 2 is 2.15 bits per heavy atom. The highest BCUT2D eigenvalue weighted by molar-refractivity contribution is 7.99. The number of aromatic nitrogens is 2. The number of carbonyl (C=O) groups is 1. The Labute approximate surface area is 170 Å². The number of nitrogens with one attached hydrogen (secondary N) is 1. The topological polar surface area (TPSA) is 64.0 Å². The van der Waals surface area contributed by atoms with E-state index in [1.807, 2.05) is 38.3 Å². The molecule has 0 aliphatic carbocycles. The molecule has 1 N–H and O–H groups in total. The minimum absolute atomic E-state index is 0.0442. The molecule has 3 rings (SSSR count). The molecule has 0 spiro atoms. The summed E-state index contributed by atoms with van der Waals surface area (Å²) >= 11 is 8.67. The molecule has 2 aromatic heterocycles. The molecule has 142 valence electrons. The molecule has 0 atom stereocenters. The van der Waals surface area contributed by atoms with Crippen LogP contribution in [0.1, 0.15) is 19.4 Å². The van der Waals surface area contributed by atoms with Crippen molar-refractivity contribution in [1.29, 1.82) is 0 Å². The standard InChI is InChI=1S/C19H20ClN3O2S2/c1-11(2)9-23-18(25)17-14(6-7-26-17)22-19(23)27-10-16(24)21-15-8-13(20)5-4-12(15)3/h4-8,11H,9-10H2,1-3H3,(H,21,24). The zero-order valence-electron chi connectivity index (χ0n) is 15.3. The van der Waals surface area contributed by atoms with Gasteiger partial charge in [-0.15, -0.1) is 11.3 Å². The van der Waals surface area contributed by atoms with Crippen LogP contribution in [0.3, 0.4) is 0 Å². The van der Waals surface area contributed by atoms with Gasteiger partial charge in [-0.1, -0.05) is 43.3 Å². The van der Waals surface area contributed by atoms with Crippen molar-refractivity contribution in [1.82, 2.24) is 9.55 Å². The third kappa shape index (κ3) is 4.72. The van der Waals surface area contributed by atoms with Crippen LogP contribution in [0.5, 0.6) is 0 Å². The lowest BCUT2D eigenvalue weighted by atomic mass is 10.2. The second-order valence-corrected chi connectivity index (χ2v) is 8.93. The summed E-state index contributed by atoms with van der Waals surface area (Å²) in [4.78, 5) is 29.8. The number of rotatable bonds is 6. The molecule has 0 aliphatic heterocycles. The number of halogens is 1. The minimum Gasteiger partial charge on any atom is -0.325 e. The summed E-state index contributed by atoms with van der Waals surface area (Å²) in [6.07, 6.45) is 0. The molecule has 0 aliphatic rings. The average Bonchev–Trinajstić information content (AvgIpc) is 3.07. The molecular weight excluding hydrogens is 402 g/mol. The molecule has 2 heterocycles. The monoisotopic (exact) mass is 421 g/mol. The summed E-state index contributed by atoms with van der Waals surface area (Å²) in [7, 11) is 0. The number of aryl methyl sites for hydroxylation is 1. The van der Waals surface area contributed by atoms with E-state index in [9.17, 15) is 9.59 Å². The van der Waals surface area contributed by atoms with Crippen LogP contribution >= 0.6 is 34.7 Å². The first-order valence-corrected chi connectivity index (χ1v) is 10.8. The normalized spacial score (nSPS) is 11.3. The highest BCUT2D eigenvalue weighted by atomic mass is 35.5. The van der Waals surface area contributed by atoms with E-state index in [0.717, 1.165) is 5.56 Å². The van der Waals surface area contributed by atoms with Crippen LogP contribution in [0, 0.1) is 12.8 Å². The smallest absolute Gasteiger partial charge is 0.272 e. The van der Waals surface area contributed by atoms with Gasteiger partial charge in [0.15, 0.2) is 5.16 Å². The van der Waals surface area contributed by atoms with Crippen molar-refractivity contribution >= 4 is 56.5 Å². The first kappa shape index (κ1) is 19.9. The van der Waals surface area contributed by atoms with E-state index >= 15 is 0 Å². The molecule has 0 saturated heterocycles. The Morgan fingerprint density at radius 1 is 1.37 bits per heavy atom. The van der Waals surface area contributed by atoms with Gasteiger partial charge in [-0.2, -0.15) is 0 Å². The number of fused-ring (bicyclic) bond motifs is 1. The molecule has 8 heteroatoms. The van der Waals surface area contributed by atoms with E-state index in [4.69, 9.17) is 11.6 Å². The predicted molar refractivity (Wildman–Crippen MR) is 114 cm³/mol. The zero-order chi connectivity index (χ0) is 19.6. The molecule has 0 radical (unpaired) electrons. The molecule has 0 fully saturated rings. The second kappa shape index (κ2) is 8.46. The van der Waals surface area contributed by atoms with Crippen molar-refractivity contribution < 1.29 is 4.79 Å². The molecule has 1 aromatic carbocycles. The lowest BCUT2D eigenvalue weighted by molar-refractivity contribution is -0.113. The average molecular weight is 422 g/mol. The Balaban J connectivity index is 1.80. The van der Waals surface area contributed by atoms with Gasteiger partial charge in [0.1, 0.15) is 4.70 Å². The lowest BCUT2D eigenvalue weighted by Crippen LogP contribution is -2.25. The Morgan fingerprint density at radius 3 is 2.89 bits per heavy atom. The number of amides is 1. The quantitative estimate of drug-likeness (QED) is 0.458. The Bertz CT molecular complexity index is 1040. The fourth-order valence-electron chi connectivity index (χ4n) is 2.61. The number of nitrogens with zero attached hydrogens (tertiary/aromatic N) is 2. The van der Waals surface area contributed by atoms with Crippen molar-refractivity contribution in [3.05, 3.63) is 50.6 Å². The predicted octanol–water partition coefficient (Wildman–Crippen LogP) is 4.81. The number of hydrogen-bond acceptors (Lipinski definition) is 5. The summed E-state index contributed by atoms with van der Waals surface area (Å²) in [5.41, 5.74) is 2.26. The van der Waals surface area contributed by atoms with Crippen molar-refractivity contribution in [2.45, 2.75) is 32.5 Å². The Hall–Kier alpha value is -1.83. The largest absolute Gasteiger partial charge is 0.325 e. The van der Waals surface area contributed by atoms with Gasteiger partial charge in [0.05, 0.1) is 11.3 Å². The highest BCUT2D eigenvalue weighted by Gasteiger charge is 2.15. The minimum atomic E-state index is -0.166. The third-order valence-corrected chi connectivity index (χ3v) is 5.99.